The third kappa shape index (κ3) is 38.9. The number of hydrogen-bond donors (Lipinski definition) is 1. The van der Waals surface area contributed by atoms with Crippen molar-refractivity contribution >= 4 is 13.8 Å². The van der Waals surface area contributed by atoms with Crippen molar-refractivity contribution in [3.05, 3.63) is 60.8 Å². The number of nitrogens with zero attached hydrogens (tertiary/aromatic N) is 1. The molecule has 49 heavy (non-hydrogen) atoms. The van der Waals surface area contributed by atoms with Crippen molar-refractivity contribution in [3.8, 4) is 0 Å². The molecule has 0 heterocycles. The molecule has 0 amide bonds. The molecule has 284 valence electrons. The zero-order valence-corrected chi connectivity index (χ0v) is 32.5. The Morgan fingerprint density at radius 2 is 1.08 bits per heavy atom. The molecule has 0 saturated carbocycles. The van der Waals surface area contributed by atoms with E-state index in [1.165, 1.54) is 70.6 Å². The van der Waals surface area contributed by atoms with Gasteiger partial charge in [0.25, 0.3) is 7.82 Å². The summed E-state index contributed by atoms with van der Waals surface area (Å²) < 4.78 is 26.8. The second-order valence-electron chi connectivity index (χ2n) is 13.8. The Labute approximate surface area is 300 Å². The van der Waals surface area contributed by atoms with Crippen LogP contribution in [0, 0.1) is 0 Å². The summed E-state index contributed by atoms with van der Waals surface area (Å²) in [6.45, 7) is 1.83. The molecule has 0 aromatic rings. The lowest BCUT2D eigenvalue weighted by Gasteiger charge is -2.27. The monoisotopic (exact) mass is 710 g/mol. The lowest BCUT2D eigenvalue weighted by atomic mass is 10.0. The average molecular weight is 710 g/mol. The number of unbranched alkanes of at least 4 members (excludes halogenated alkanes) is 13. The van der Waals surface area contributed by atoms with Crippen molar-refractivity contribution in [2.75, 3.05) is 47.5 Å². The molecule has 0 aliphatic rings. The normalized spacial score (nSPS) is 14.7. The number of aliphatic hydroxyl groups excluding tert-OH is 1. The predicted octanol–water partition coefficient (Wildman–Crippen LogP) is 9.70. The Balaban J connectivity index is 3.47. The lowest BCUT2D eigenvalue weighted by Crippen LogP contribution is -2.37. The number of carbonyl (C=O) groups is 1. The topological polar surface area (TPSA) is 105 Å². The Hall–Kier alpha value is -1.80. The summed E-state index contributed by atoms with van der Waals surface area (Å²) in [5.41, 5.74) is 0. The van der Waals surface area contributed by atoms with E-state index in [2.05, 4.69) is 72.2 Å². The fraction of sp³-hybridized carbons (Fsp3) is 0.725. The Kier molecular flexibility index (Phi) is 32.1. The van der Waals surface area contributed by atoms with Gasteiger partial charge in [0.15, 0.2) is 0 Å². The third-order valence-corrected chi connectivity index (χ3v) is 8.75. The van der Waals surface area contributed by atoms with Crippen LogP contribution in [-0.2, 0) is 23.1 Å². The Bertz CT molecular complexity index is 968. The summed E-state index contributed by atoms with van der Waals surface area (Å²) in [7, 11) is 1.24. The summed E-state index contributed by atoms with van der Waals surface area (Å²) in [6, 6.07) is 0. The first-order valence-corrected chi connectivity index (χ1v) is 20.5. The van der Waals surface area contributed by atoms with E-state index in [4.69, 9.17) is 9.26 Å². The van der Waals surface area contributed by atoms with Crippen LogP contribution in [0.1, 0.15) is 135 Å². The number of hydrogen-bond acceptors (Lipinski definition) is 7. The number of quaternary nitrogens is 1. The standard InChI is InChI=1S/C40H72NO7P/c1-5-6-7-8-9-10-11-12-13-14-15-16-17-18-19-20-21-22-23-24-25-26-27-28-29-30-31-32-33-34-40(43)46-37-39(42)38-48-49(44,45)47-36-35-41(2,3)4/h6-7,9-10,12-13,15-16,18-19,39,42H,5,8,11,14,17,20-38H2,1-4H3/b7-6-,10-9-,13-12-,16-15-,19-18-. The van der Waals surface area contributed by atoms with E-state index in [0.717, 1.165) is 51.4 Å². The fourth-order valence-corrected chi connectivity index (χ4v) is 5.53. The Morgan fingerprint density at radius 1 is 0.653 bits per heavy atom. The number of carbonyl (C=O) groups excluding carboxylic acids is 1. The molecule has 0 aliphatic carbocycles. The molecule has 0 saturated heterocycles. The molecule has 9 heteroatoms. The van der Waals surface area contributed by atoms with Crippen molar-refractivity contribution in [1.82, 2.24) is 0 Å². The quantitative estimate of drug-likeness (QED) is 0.0233. The highest BCUT2D eigenvalue weighted by atomic mass is 31.2. The first-order valence-electron chi connectivity index (χ1n) is 19.0. The van der Waals surface area contributed by atoms with Crippen LogP contribution in [0.2, 0.25) is 0 Å². The van der Waals surface area contributed by atoms with Gasteiger partial charge in [0.1, 0.15) is 25.9 Å². The number of esters is 1. The maximum Gasteiger partial charge on any atom is 0.305 e. The number of phosphoric ester groups is 1. The number of ether oxygens (including phenoxy) is 1. The van der Waals surface area contributed by atoms with Gasteiger partial charge in [-0.05, 0) is 51.4 Å². The van der Waals surface area contributed by atoms with Gasteiger partial charge in [-0.25, -0.2) is 0 Å². The van der Waals surface area contributed by atoms with Crippen LogP contribution in [0.5, 0.6) is 0 Å². The van der Waals surface area contributed by atoms with Gasteiger partial charge in [0.2, 0.25) is 0 Å². The van der Waals surface area contributed by atoms with Gasteiger partial charge in [-0.3, -0.25) is 9.36 Å². The summed E-state index contributed by atoms with van der Waals surface area (Å²) in [5, 5.41) is 9.87. The van der Waals surface area contributed by atoms with Crippen molar-refractivity contribution in [1.29, 1.82) is 0 Å². The van der Waals surface area contributed by atoms with E-state index in [0.29, 0.717) is 17.4 Å². The number of rotatable bonds is 34. The SMILES string of the molecule is CC/C=C\C/C=C\C/C=C\C/C=C\C/C=C\CCCCCCCCCCCCCCCC(=O)OCC(O)COP(=O)([O-])OCC[N+](C)(C)C. The number of aliphatic hydroxyl groups is 1. The van der Waals surface area contributed by atoms with Crippen LogP contribution < -0.4 is 4.89 Å². The van der Waals surface area contributed by atoms with Crippen LogP contribution in [0.3, 0.4) is 0 Å². The molecule has 0 aliphatic heterocycles. The van der Waals surface area contributed by atoms with Gasteiger partial charge in [0.05, 0.1) is 27.7 Å². The smallest absolute Gasteiger partial charge is 0.305 e. The largest absolute Gasteiger partial charge is 0.756 e. The zero-order valence-electron chi connectivity index (χ0n) is 31.6. The van der Waals surface area contributed by atoms with E-state index < -0.39 is 26.5 Å². The van der Waals surface area contributed by atoms with Gasteiger partial charge >= 0.3 is 5.97 Å². The second kappa shape index (κ2) is 33.3. The first kappa shape index (κ1) is 47.2. The molecule has 0 fully saturated rings. The van der Waals surface area contributed by atoms with Gasteiger partial charge in [-0.2, -0.15) is 0 Å². The van der Waals surface area contributed by atoms with Crippen LogP contribution >= 0.6 is 7.82 Å². The molecular formula is C40H72NO7P. The van der Waals surface area contributed by atoms with E-state index >= 15 is 0 Å². The van der Waals surface area contributed by atoms with Gasteiger partial charge < -0.3 is 28.3 Å². The van der Waals surface area contributed by atoms with Crippen LogP contribution in [0.4, 0.5) is 0 Å². The summed E-state index contributed by atoms with van der Waals surface area (Å²) in [5.74, 6) is -0.391. The molecule has 2 unspecified atom stereocenters. The van der Waals surface area contributed by atoms with Gasteiger partial charge in [-0.15, -0.1) is 0 Å². The summed E-state index contributed by atoms with van der Waals surface area (Å²) in [6.07, 6.45) is 43.8. The molecule has 0 spiro atoms. The van der Waals surface area contributed by atoms with E-state index in [1.54, 1.807) is 0 Å². The molecule has 0 bridgehead atoms. The fourth-order valence-electron chi connectivity index (χ4n) is 4.80. The van der Waals surface area contributed by atoms with E-state index in [-0.39, 0.29) is 13.2 Å². The highest BCUT2D eigenvalue weighted by Crippen LogP contribution is 2.38. The van der Waals surface area contributed by atoms with Crippen LogP contribution in [-0.4, -0.2) is 69.2 Å². The molecule has 0 radical (unpaired) electrons. The molecule has 0 rings (SSSR count). The zero-order chi connectivity index (χ0) is 36.3. The molecular weight excluding hydrogens is 637 g/mol. The number of phosphoric acid groups is 1. The maximum atomic E-state index is 11.9. The highest BCUT2D eigenvalue weighted by molar-refractivity contribution is 7.45. The maximum absolute atomic E-state index is 11.9. The van der Waals surface area contributed by atoms with E-state index in [9.17, 15) is 19.4 Å². The van der Waals surface area contributed by atoms with Gasteiger partial charge in [0, 0.05) is 6.42 Å². The number of likely N-dealkylation sites (N-methyl/N-ethyl adjacent to an activating group) is 1. The van der Waals surface area contributed by atoms with E-state index in [1.807, 2.05) is 21.1 Å². The second-order valence-corrected chi connectivity index (χ2v) is 15.2. The summed E-state index contributed by atoms with van der Waals surface area (Å²) >= 11 is 0. The van der Waals surface area contributed by atoms with Gasteiger partial charge in [-0.1, -0.05) is 138 Å². The molecule has 1 N–H and O–H groups in total. The summed E-state index contributed by atoms with van der Waals surface area (Å²) in [4.78, 5) is 23.7. The molecule has 2 atom stereocenters. The molecule has 0 aromatic heterocycles. The number of allylic oxidation sites excluding steroid dienone is 10. The first-order chi connectivity index (χ1) is 23.6. The van der Waals surface area contributed by atoms with Crippen molar-refractivity contribution in [2.24, 2.45) is 0 Å². The predicted molar refractivity (Wildman–Crippen MR) is 203 cm³/mol. The average Bonchev–Trinajstić information content (AvgIpc) is 3.05. The minimum atomic E-state index is -4.50. The van der Waals surface area contributed by atoms with Crippen molar-refractivity contribution in [3.63, 3.8) is 0 Å². The third-order valence-electron chi connectivity index (χ3n) is 7.78. The minimum absolute atomic E-state index is 0.0102. The van der Waals surface area contributed by atoms with Crippen molar-refractivity contribution in [2.45, 2.75) is 141 Å². The van der Waals surface area contributed by atoms with Crippen LogP contribution in [0.25, 0.3) is 0 Å². The Morgan fingerprint density at radius 3 is 1.55 bits per heavy atom. The minimum Gasteiger partial charge on any atom is -0.756 e. The molecule has 0 aromatic carbocycles. The van der Waals surface area contributed by atoms with Crippen molar-refractivity contribution < 1.29 is 37.6 Å². The lowest BCUT2D eigenvalue weighted by molar-refractivity contribution is -0.870. The highest BCUT2D eigenvalue weighted by Gasteiger charge is 2.16. The van der Waals surface area contributed by atoms with Crippen LogP contribution in [0.15, 0.2) is 60.8 Å². The molecule has 8 nitrogen and oxygen atoms in total.